The minimum absolute atomic E-state index is 0.0316. The van der Waals surface area contributed by atoms with E-state index in [2.05, 4.69) is 5.32 Å². The summed E-state index contributed by atoms with van der Waals surface area (Å²) in [6.07, 6.45) is 16.3. The van der Waals surface area contributed by atoms with E-state index in [1.54, 1.807) is 17.0 Å². The maximum absolute atomic E-state index is 12.9. The van der Waals surface area contributed by atoms with Crippen LogP contribution in [0.1, 0.15) is 132 Å². The topological polar surface area (TPSA) is 133 Å². The number of hydrogen-bond donors (Lipinski definition) is 3. The number of nitrogens with one attached hydrogen (secondary N) is 1. The van der Waals surface area contributed by atoms with E-state index >= 15 is 0 Å². The molecule has 0 saturated carbocycles. The van der Waals surface area contributed by atoms with Crippen LogP contribution in [0, 0.1) is 0 Å². The Bertz CT molecular complexity index is 889. The normalized spacial score (nSPS) is 10.9. The monoisotopic (exact) mass is 590 g/mol. The van der Waals surface area contributed by atoms with Crippen LogP contribution in [-0.2, 0) is 25.7 Å². The van der Waals surface area contributed by atoms with Crippen molar-refractivity contribution >= 4 is 23.8 Å². The van der Waals surface area contributed by atoms with Crippen molar-refractivity contribution in [3.8, 4) is 0 Å². The standard InChI is InChI=1S/C33H54N2O7/c1-2-42-26-24-34-33(41)29-21-19-28(20-22-29)27-35(25-23-32(39)40)30(36)17-15-13-11-9-7-5-3-4-6-8-10-12-14-16-18-31(37)38/h19-22H,2-18,23-27H2,1H3,(H,34,41)(H,37,38)(H,39,40). The molecule has 1 aromatic carbocycles. The van der Waals surface area contributed by atoms with E-state index in [4.69, 9.17) is 14.9 Å². The molecule has 0 atom stereocenters. The third-order valence-electron chi connectivity index (χ3n) is 7.31. The van der Waals surface area contributed by atoms with Gasteiger partial charge in [0.1, 0.15) is 0 Å². The number of rotatable bonds is 27. The SMILES string of the molecule is CCOCCNC(=O)c1ccc(CN(CCC(=O)O)C(=O)CCCCCCCCCCCCCCCCC(=O)O)cc1. The third-order valence-corrected chi connectivity index (χ3v) is 7.31. The summed E-state index contributed by atoms with van der Waals surface area (Å²) in [5.74, 6) is -1.84. The summed E-state index contributed by atoms with van der Waals surface area (Å²) in [5, 5.41) is 20.6. The third kappa shape index (κ3) is 20.0. The van der Waals surface area contributed by atoms with Gasteiger partial charge in [-0.1, -0.05) is 89.2 Å². The van der Waals surface area contributed by atoms with Gasteiger partial charge in [-0.25, -0.2) is 0 Å². The van der Waals surface area contributed by atoms with Gasteiger partial charge in [0.2, 0.25) is 5.91 Å². The molecule has 42 heavy (non-hydrogen) atoms. The fourth-order valence-electron chi connectivity index (χ4n) is 4.82. The van der Waals surface area contributed by atoms with Gasteiger partial charge in [-0.05, 0) is 37.5 Å². The van der Waals surface area contributed by atoms with Crippen LogP contribution >= 0.6 is 0 Å². The zero-order valence-electron chi connectivity index (χ0n) is 25.7. The van der Waals surface area contributed by atoms with Crippen LogP contribution in [0.5, 0.6) is 0 Å². The van der Waals surface area contributed by atoms with Crippen molar-refractivity contribution in [2.75, 3.05) is 26.3 Å². The van der Waals surface area contributed by atoms with Gasteiger partial charge in [0.25, 0.3) is 5.91 Å². The molecule has 1 rings (SSSR count). The van der Waals surface area contributed by atoms with Crippen LogP contribution in [0.4, 0.5) is 0 Å². The maximum atomic E-state index is 12.9. The summed E-state index contributed by atoms with van der Waals surface area (Å²) in [6, 6.07) is 7.06. The highest BCUT2D eigenvalue weighted by Crippen LogP contribution is 2.15. The van der Waals surface area contributed by atoms with Crippen LogP contribution in [0.2, 0.25) is 0 Å². The molecular weight excluding hydrogens is 536 g/mol. The molecule has 3 N–H and O–H groups in total. The van der Waals surface area contributed by atoms with Crippen LogP contribution in [0.25, 0.3) is 0 Å². The predicted octanol–water partition coefficient (Wildman–Crippen LogP) is 6.58. The van der Waals surface area contributed by atoms with E-state index in [-0.39, 0.29) is 31.2 Å². The molecule has 0 bridgehead atoms. The second-order valence-corrected chi connectivity index (χ2v) is 11.0. The smallest absolute Gasteiger partial charge is 0.305 e. The Labute approximate surface area is 252 Å². The molecular formula is C33H54N2O7. The Balaban J connectivity index is 2.22. The molecule has 0 fully saturated rings. The number of carbonyl (C=O) groups excluding carboxylic acids is 2. The number of hydrogen-bond acceptors (Lipinski definition) is 5. The molecule has 0 unspecified atom stereocenters. The summed E-state index contributed by atoms with van der Waals surface area (Å²) in [4.78, 5) is 48.4. The number of ether oxygens (including phenoxy) is 1. The number of amides is 2. The average molecular weight is 591 g/mol. The summed E-state index contributed by atoms with van der Waals surface area (Å²) >= 11 is 0. The zero-order valence-corrected chi connectivity index (χ0v) is 25.7. The number of unbranched alkanes of at least 4 members (excludes halogenated alkanes) is 13. The number of nitrogens with zero attached hydrogens (tertiary/aromatic N) is 1. The van der Waals surface area contributed by atoms with Crippen molar-refractivity contribution in [3.63, 3.8) is 0 Å². The van der Waals surface area contributed by atoms with Gasteiger partial charge >= 0.3 is 11.9 Å². The number of aliphatic carboxylic acids is 2. The molecule has 0 saturated heterocycles. The first kappa shape index (κ1) is 37.1. The maximum Gasteiger partial charge on any atom is 0.305 e. The average Bonchev–Trinajstić information content (AvgIpc) is 2.97. The number of carboxylic acid groups (broad SMARTS) is 2. The largest absolute Gasteiger partial charge is 0.481 e. The van der Waals surface area contributed by atoms with Crippen molar-refractivity contribution in [2.45, 2.75) is 123 Å². The van der Waals surface area contributed by atoms with Gasteiger partial charge in [-0.2, -0.15) is 0 Å². The van der Waals surface area contributed by atoms with Crippen LogP contribution < -0.4 is 5.32 Å². The van der Waals surface area contributed by atoms with Gasteiger partial charge in [0, 0.05) is 44.6 Å². The molecule has 0 aliphatic rings. The number of benzene rings is 1. The lowest BCUT2D eigenvalue weighted by atomic mass is 10.0. The highest BCUT2D eigenvalue weighted by Gasteiger charge is 2.16. The number of carboxylic acids is 2. The first-order valence-electron chi connectivity index (χ1n) is 16.0. The van der Waals surface area contributed by atoms with Crippen molar-refractivity contribution in [1.82, 2.24) is 10.2 Å². The first-order valence-corrected chi connectivity index (χ1v) is 16.0. The van der Waals surface area contributed by atoms with Gasteiger partial charge in [-0.15, -0.1) is 0 Å². The Kier molecular flexibility index (Phi) is 21.8. The van der Waals surface area contributed by atoms with Gasteiger partial charge in [0.15, 0.2) is 0 Å². The number of carbonyl (C=O) groups is 4. The second kappa shape index (κ2) is 24.6. The van der Waals surface area contributed by atoms with E-state index < -0.39 is 11.9 Å². The Morgan fingerprint density at radius 3 is 1.64 bits per heavy atom. The van der Waals surface area contributed by atoms with Crippen LogP contribution in [0.3, 0.4) is 0 Å². The van der Waals surface area contributed by atoms with Crippen molar-refractivity contribution < 1.29 is 34.1 Å². The highest BCUT2D eigenvalue weighted by atomic mass is 16.5. The van der Waals surface area contributed by atoms with Crippen LogP contribution in [-0.4, -0.2) is 65.2 Å². The lowest BCUT2D eigenvalue weighted by Crippen LogP contribution is -2.32. The molecule has 0 aliphatic heterocycles. The molecule has 9 nitrogen and oxygen atoms in total. The Hall–Kier alpha value is -2.94. The fraction of sp³-hybridized carbons (Fsp3) is 0.697. The van der Waals surface area contributed by atoms with E-state index in [1.807, 2.05) is 19.1 Å². The summed E-state index contributed by atoms with van der Waals surface area (Å²) in [7, 11) is 0. The second-order valence-electron chi connectivity index (χ2n) is 11.0. The lowest BCUT2D eigenvalue weighted by Gasteiger charge is -2.22. The van der Waals surface area contributed by atoms with Crippen molar-refractivity contribution in [3.05, 3.63) is 35.4 Å². The van der Waals surface area contributed by atoms with Crippen LogP contribution in [0.15, 0.2) is 24.3 Å². The van der Waals surface area contributed by atoms with E-state index in [0.29, 0.717) is 38.3 Å². The van der Waals surface area contributed by atoms with Gasteiger partial charge in [-0.3, -0.25) is 19.2 Å². The minimum atomic E-state index is -0.931. The molecule has 9 heteroatoms. The molecule has 0 radical (unpaired) electrons. The molecule has 0 aromatic heterocycles. The minimum Gasteiger partial charge on any atom is -0.481 e. The van der Waals surface area contributed by atoms with E-state index in [0.717, 1.165) is 44.1 Å². The quantitative estimate of drug-likeness (QED) is 0.0985. The molecule has 0 spiro atoms. The summed E-state index contributed by atoms with van der Waals surface area (Å²) < 4.78 is 5.23. The summed E-state index contributed by atoms with van der Waals surface area (Å²) in [5.41, 5.74) is 1.38. The Morgan fingerprint density at radius 2 is 1.17 bits per heavy atom. The molecule has 2 amide bonds. The fourth-order valence-corrected chi connectivity index (χ4v) is 4.82. The van der Waals surface area contributed by atoms with Crippen molar-refractivity contribution in [1.29, 1.82) is 0 Å². The van der Waals surface area contributed by atoms with Gasteiger partial charge < -0.3 is 25.2 Å². The first-order chi connectivity index (χ1) is 20.3. The predicted molar refractivity (Wildman–Crippen MR) is 164 cm³/mol. The molecule has 0 heterocycles. The lowest BCUT2D eigenvalue weighted by molar-refractivity contribution is -0.139. The molecule has 0 aliphatic carbocycles. The van der Waals surface area contributed by atoms with Crippen molar-refractivity contribution in [2.24, 2.45) is 0 Å². The summed E-state index contributed by atoms with van der Waals surface area (Å²) in [6.45, 7) is 3.89. The highest BCUT2D eigenvalue weighted by molar-refractivity contribution is 5.94. The van der Waals surface area contributed by atoms with Gasteiger partial charge in [0.05, 0.1) is 13.0 Å². The van der Waals surface area contributed by atoms with E-state index in [9.17, 15) is 19.2 Å². The molecule has 1 aromatic rings. The zero-order chi connectivity index (χ0) is 30.8. The van der Waals surface area contributed by atoms with E-state index in [1.165, 1.54) is 51.4 Å². The molecule has 238 valence electrons. The Morgan fingerprint density at radius 1 is 0.690 bits per heavy atom.